The summed E-state index contributed by atoms with van der Waals surface area (Å²) in [6, 6.07) is 7.07. The van der Waals surface area contributed by atoms with E-state index in [4.69, 9.17) is 11.6 Å². The van der Waals surface area contributed by atoms with Gasteiger partial charge in [0.05, 0.1) is 11.5 Å². The number of carbonyl (C=O) groups is 1. The summed E-state index contributed by atoms with van der Waals surface area (Å²) in [5.41, 5.74) is 1.45. The van der Waals surface area contributed by atoms with E-state index in [2.05, 4.69) is 5.32 Å². The number of amides is 1. The molecule has 104 valence electrons. The molecule has 2 rings (SSSR count). The Kier molecular flexibility index (Phi) is 4.47. The SMILES string of the molecule is O=C(NC1CCS(=O)(=O)CC1)c1cccc(CCl)c1. The van der Waals surface area contributed by atoms with Crippen molar-refractivity contribution in [3.63, 3.8) is 0 Å². The normalized spacial score (nSPS) is 19.0. The van der Waals surface area contributed by atoms with E-state index >= 15 is 0 Å². The molecule has 0 aliphatic carbocycles. The highest BCUT2D eigenvalue weighted by Gasteiger charge is 2.24. The minimum absolute atomic E-state index is 0.0596. The van der Waals surface area contributed by atoms with Crippen LogP contribution in [-0.2, 0) is 15.7 Å². The summed E-state index contributed by atoms with van der Waals surface area (Å²) in [5, 5.41) is 2.88. The van der Waals surface area contributed by atoms with Crippen molar-refractivity contribution < 1.29 is 13.2 Å². The Labute approximate surface area is 118 Å². The summed E-state index contributed by atoms with van der Waals surface area (Å²) in [4.78, 5) is 12.0. The maximum absolute atomic E-state index is 12.0. The van der Waals surface area contributed by atoms with Crippen molar-refractivity contribution in [1.82, 2.24) is 5.32 Å². The average Bonchev–Trinajstić information content (AvgIpc) is 2.41. The van der Waals surface area contributed by atoms with Crippen molar-refractivity contribution in [2.45, 2.75) is 24.8 Å². The number of rotatable bonds is 3. The van der Waals surface area contributed by atoms with E-state index in [1.54, 1.807) is 18.2 Å². The Morgan fingerprint density at radius 3 is 2.63 bits per heavy atom. The standard InChI is InChI=1S/C13H16ClNO3S/c14-9-10-2-1-3-11(8-10)13(16)15-12-4-6-19(17,18)7-5-12/h1-3,8,12H,4-7,9H2,(H,15,16). The van der Waals surface area contributed by atoms with Gasteiger partial charge in [-0.3, -0.25) is 4.79 Å². The van der Waals surface area contributed by atoms with Crippen molar-refractivity contribution in [2.75, 3.05) is 11.5 Å². The van der Waals surface area contributed by atoms with Gasteiger partial charge in [-0.1, -0.05) is 12.1 Å². The third-order valence-corrected chi connectivity index (χ3v) is 5.26. The lowest BCUT2D eigenvalue weighted by atomic mass is 10.1. The number of alkyl halides is 1. The first kappa shape index (κ1) is 14.3. The molecule has 4 nitrogen and oxygen atoms in total. The van der Waals surface area contributed by atoms with Gasteiger partial charge in [-0.05, 0) is 30.5 Å². The van der Waals surface area contributed by atoms with Gasteiger partial charge in [-0.25, -0.2) is 8.42 Å². The molecule has 1 heterocycles. The van der Waals surface area contributed by atoms with Crippen molar-refractivity contribution in [3.05, 3.63) is 35.4 Å². The number of nitrogens with one attached hydrogen (secondary N) is 1. The highest BCUT2D eigenvalue weighted by molar-refractivity contribution is 7.91. The third kappa shape index (κ3) is 3.94. The molecule has 0 bridgehead atoms. The van der Waals surface area contributed by atoms with Crippen molar-refractivity contribution in [3.8, 4) is 0 Å². The molecule has 6 heteroatoms. The van der Waals surface area contributed by atoms with Crippen molar-refractivity contribution in [1.29, 1.82) is 0 Å². The van der Waals surface area contributed by atoms with E-state index < -0.39 is 9.84 Å². The van der Waals surface area contributed by atoms with E-state index in [-0.39, 0.29) is 23.5 Å². The molecular formula is C13H16ClNO3S. The van der Waals surface area contributed by atoms with Gasteiger partial charge in [0, 0.05) is 17.5 Å². The Morgan fingerprint density at radius 1 is 1.32 bits per heavy atom. The molecule has 1 aliphatic rings. The lowest BCUT2D eigenvalue weighted by Crippen LogP contribution is -2.40. The smallest absolute Gasteiger partial charge is 0.251 e. The molecule has 19 heavy (non-hydrogen) atoms. The molecule has 0 unspecified atom stereocenters. The van der Waals surface area contributed by atoms with Gasteiger partial charge in [0.15, 0.2) is 0 Å². The first-order valence-corrected chi connectivity index (χ1v) is 8.52. The fraction of sp³-hybridized carbons (Fsp3) is 0.462. The van der Waals surface area contributed by atoms with Crippen molar-refractivity contribution >= 4 is 27.3 Å². The molecule has 0 saturated carbocycles. The Hall–Kier alpha value is -1.07. The van der Waals surface area contributed by atoms with Gasteiger partial charge >= 0.3 is 0 Å². The Balaban J connectivity index is 1.98. The highest BCUT2D eigenvalue weighted by atomic mass is 35.5. The fourth-order valence-electron chi connectivity index (χ4n) is 2.10. The van der Waals surface area contributed by atoms with Crippen LogP contribution in [0.25, 0.3) is 0 Å². The second-order valence-corrected chi connectivity index (χ2v) is 7.30. The number of benzene rings is 1. The van der Waals surface area contributed by atoms with Crippen LogP contribution in [0.1, 0.15) is 28.8 Å². The number of hydrogen-bond acceptors (Lipinski definition) is 3. The molecule has 1 saturated heterocycles. The quantitative estimate of drug-likeness (QED) is 0.865. The van der Waals surface area contributed by atoms with Gasteiger partial charge in [-0.2, -0.15) is 0 Å². The monoisotopic (exact) mass is 301 g/mol. The molecule has 1 fully saturated rings. The maximum Gasteiger partial charge on any atom is 0.251 e. The van der Waals surface area contributed by atoms with Crippen LogP contribution >= 0.6 is 11.6 Å². The van der Waals surface area contributed by atoms with E-state index in [9.17, 15) is 13.2 Å². The minimum Gasteiger partial charge on any atom is -0.349 e. The van der Waals surface area contributed by atoms with Gasteiger partial charge in [-0.15, -0.1) is 11.6 Å². The largest absolute Gasteiger partial charge is 0.349 e. The number of sulfone groups is 1. The first-order chi connectivity index (χ1) is 9.00. The number of carbonyl (C=O) groups excluding carboxylic acids is 1. The van der Waals surface area contributed by atoms with E-state index in [1.807, 2.05) is 6.07 Å². The molecule has 0 spiro atoms. The van der Waals surface area contributed by atoms with Crippen LogP contribution in [0.3, 0.4) is 0 Å². The Bertz CT molecular complexity index is 557. The van der Waals surface area contributed by atoms with Crippen LogP contribution in [-0.4, -0.2) is 31.9 Å². The summed E-state index contributed by atoms with van der Waals surface area (Å²) in [7, 11) is -2.90. The van der Waals surface area contributed by atoms with Gasteiger partial charge in [0.25, 0.3) is 5.91 Å². The van der Waals surface area contributed by atoms with E-state index in [1.165, 1.54) is 0 Å². The molecule has 1 aromatic carbocycles. The summed E-state index contributed by atoms with van der Waals surface area (Å²) in [6.45, 7) is 0. The fourth-order valence-corrected chi connectivity index (χ4v) is 3.76. The number of halogens is 1. The highest BCUT2D eigenvalue weighted by Crippen LogP contribution is 2.14. The second-order valence-electron chi connectivity index (χ2n) is 4.73. The van der Waals surface area contributed by atoms with Crippen LogP contribution in [0, 0.1) is 0 Å². The Morgan fingerprint density at radius 2 is 2.00 bits per heavy atom. The molecular weight excluding hydrogens is 286 g/mol. The first-order valence-electron chi connectivity index (χ1n) is 6.16. The zero-order chi connectivity index (χ0) is 13.9. The summed E-state index contributed by atoms with van der Waals surface area (Å²) >= 11 is 5.73. The zero-order valence-electron chi connectivity index (χ0n) is 10.4. The van der Waals surface area contributed by atoms with E-state index in [0.29, 0.717) is 24.3 Å². The molecule has 1 aliphatic heterocycles. The molecule has 1 aromatic rings. The van der Waals surface area contributed by atoms with E-state index in [0.717, 1.165) is 5.56 Å². The van der Waals surface area contributed by atoms with Crippen LogP contribution in [0.2, 0.25) is 0 Å². The summed E-state index contributed by atoms with van der Waals surface area (Å²) in [5.74, 6) is 0.499. The average molecular weight is 302 g/mol. The van der Waals surface area contributed by atoms with Gasteiger partial charge < -0.3 is 5.32 Å². The van der Waals surface area contributed by atoms with Crippen LogP contribution in [0.15, 0.2) is 24.3 Å². The van der Waals surface area contributed by atoms with Crippen LogP contribution in [0.4, 0.5) is 0 Å². The topological polar surface area (TPSA) is 63.2 Å². The maximum atomic E-state index is 12.0. The molecule has 1 amide bonds. The summed E-state index contributed by atoms with van der Waals surface area (Å²) < 4.78 is 22.6. The molecule has 0 atom stereocenters. The molecule has 0 radical (unpaired) electrons. The third-order valence-electron chi connectivity index (χ3n) is 3.23. The predicted molar refractivity (Wildman–Crippen MR) is 75.1 cm³/mol. The van der Waals surface area contributed by atoms with Crippen molar-refractivity contribution in [2.24, 2.45) is 0 Å². The van der Waals surface area contributed by atoms with Gasteiger partial charge in [0.2, 0.25) is 0 Å². The summed E-state index contributed by atoms with van der Waals surface area (Å²) in [6.07, 6.45) is 0.979. The lowest BCUT2D eigenvalue weighted by molar-refractivity contribution is 0.0934. The minimum atomic E-state index is -2.90. The molecule has 1 N–H and O–H groups in total. The van der Waals surface area contributed by atoms with Gasteiger partial charge in [0.1, 0.15) is 9.84 Å². The predicted octanol–water partition coefficient (Wildman–Crippen LogP) is 1.73. The number of hydrogen-bond donors (Lipinski definition) is 1. The van der Waals surface area contributed by atoms with Crippen LogP contribution < -0.4 is 5.32 Å². The zero-order valence-corrected chi connectivity index (χ0v) is 12.0. The second kappa shape index (κ2) is 5.92. The lowest BCUT2D eigenvalue weighted by Gasteiger charge is -2.23. The van der Waals surface area contributed by atoms with Crippen LogP contribution in [0.5, 0.6) is 0 Å². The molecule has 0 aromatic heterocycles.